The molecule has 2 aromatic heterocycles. The van der Waals surface area contributed by atoms with E-state index in [0.29, 0.717) is 6.04 Å². The highest BCUT2D eigenvalue weighted by Gasteiger charge is 2.28. The van der Waals surface area contributed by atoms with Crippen LogP contribution in [0, 0.1) is 0 Å². The van der Waals surface area contributed by atoms with Gasteiger partial charge in [0.15, 0.2) is 0 Å². The van der Waals surface area contributed by atoms with Gasteiger partial charge in [-0.1, -0.05) is 0 Å². The fourth-order valence-corrected chi connectivity index (χ4v) is 1.88. The molecule has 0 N–H and O–H groups in total. The molecule has 15 heavy (non-hydrogen) atoms. The fraction of sp³-hybridized carbons (Fsp3) is 0.273. The third-order valence-electron chi connectivity index (χ3n) is 2.79. The standard InChI is InChI=1S/C11H12N4/c1-4-13-15(7-1)11-8-14(9-11)10-2-5-12-6-3-10/h1-7,11H,8-9H2. The zero-order valence-electron chi connectivity index (χ0n) is 8.32. The summed E-state index contributed by atoms with van der Waals surface area (Å²) in [5, 5.41) is 4.24. The van der Waals surface area contributed by atoms with E-state index in [0.717, 1.165) is 13.1 Å². The van der Waals surface area contributed by atoms with Crippen molar-refractivity contribution >= 4 is 5.69 Å². The molecule has 76 valence electrons. The lowest BCUT2D eigenvalue weighted by molar-refractivity contribution is 0.368. The van der Waals surface area contributed by atoms with Gasteiger partial charge in [-0.05, 0) is 18.2 Å². The lowest BCUT2D eigenvalue weighted by Crippen LogP contribution is -2.47. The van der Waals surface area contributed by atoms with Crippen LogP contribution < -0.4 is 4.90 Å². The molecule has 2 aromatic rings. The number of rotatable bonds is 2. The average Bonchev–Trinajstić information content (AvgIpc) is 2.70. The molecule has 1 saturated heterocycles. The summed E-state index contributed by atoms with van der Waals surface area (Å²) in [4.78, 5) is 6.34. The van der Waals surface area contributed by atoms with Gasteiger partial charge in [0.25, 0.3) is 0 Å². The van der Waals surface area contributed by atoms with Gasteiger partial charge in [-0.2, -0.15) is 5.10 Å². The van der Waals surface area contributed by atoms with Gasteiger partial charge < -0.3 is 4.90 Å². The van der Waals surface area contributed by atoms with Gasteiger partial charge >= 0.3 is 0 Å². The number of hydrogen-bond donors (Lipinski definition) is 0. The normalized spacial score (nSPS) is 16.4. The van der Waals surface area contributed by atoms with Crippen LogP contribution in [0.25, 0.3) is 0 Å². The smallest absolute Gasteiger partial charge is 0.0868 e. The Labute approximate surface area is 88.2 Å². The van der Waals surface area contributed by atoms with E-state index in [1.54, 1.807) is 0 Å². The van der Waals surface area contributed by atoms with Crippen molar-refractivity contribution in [2.75, 3.05) is 18.0 Å². The molecule has 0 spiro atoms. The molecular formula is C11H12N4. The van der Waals surface area contributed by atoms with Gasteiger partial charge in [0.2, 0.25) is 0 Å². The van der Waals surface area contributed by atoms with Crippen LogP contribution in [0.4, 0.5) is 5.69 Å². The van der Waals surface area contributed by atoms with Crippen LogP contribution >= 0.6 is 0 Å². The molecule has 0 aliphatic carbocycles. The summed E-state index contributed by atoms with van der Waals surface area (Å²) >= 11 is 0. The highest BCUT2D eigenvalue weighted by molar-refractivity contribution is 5.47. The molecule has 0 atom stereocenters. The number of aromatic nitrogens is 3. The number of pyridine rings is 1. The van der Waals surface area contributed by atoms with Crippen LogP contribution in [0.1, 0.15) is 6.04 Å². The van der Waals surface area contributed by atoms with Gasteiger partial charge in [0.05, 0.1) is 6.04 Å². The maximum absolute atomic E-state index is 4.24. The lowest BCUT2D eigenvalue weighted by atomic mass is 10.1. The largest absolute Gasteiger partial charge is 0.367 e. The molecule has 0 aromatic carbocycles. The maximum Gasteiger partial charge on any atom is 0.0868 e. The van der Waals surface area contributed by atoms with Crippen molar-refractivity contribution in [2.24, 2.45) is 0 Å². The molecular weight excluding hydrogens is 188 g/mol. The van der Waals surface area contributed by atoms with Crippen LogP contribution in [-0.2, 0) is 0 Å². The summed E-state index contributed by atoms with van der Waals surface area (Å²) in [6.07, 6.45) is 7.51. The number of nitrogens with zero attached hydrogens (tertiary/aromatic N) is 4. The van der Waals surface area contributed by atoms with Crippen molar-refractivity contribution in [1.82, 2.24) is 14.8 Å². The first-order valence-electron chi connectivity index (χ1n) is 5.07. The Morgan fingerprint density at radius 1 is 1.13 bits per heavy atom. The van der Waals surface area contributed by atoms with Crippen LogP contribution in [-0.4, -0.2) is 27.9 Å². The number of anilines is 1. The third kappa shape index (κ3) is 1.48. The molecule has 0 saturated carbocycles. The van der Waals surface area contributed by atoms with Gasteiger partial charge in [-0.3, -0.25) is 9.67 Å². The van der Waals surface area contributed by atoms with Gasteiger partial charge in [0.1, 0.15) is 0 Å². The monoisotopic (exact) mass is 200 g/mol. The molecule has 3 heterocycles. The second-order valence-electron chi connectivity index (χ2n) is 3.75. The molecule has 1 fully saturated rings. The molecule has 0 bridgehead atoms. The highest BCUT2D eigenvalue weighted by atomic mass is 15.4. The Morgan fingerprint density at radius 2 is 1.93 bits per heavy atom. The van der Waals surface area contributed by atoms with E-state index in [4.69, 9.17) is 0 Å². The van der Waals surface area contributed by atoms with Crippen molar-refractivity contribution in [3.8, 4) is 0 Å². The lowest BCUT2D eigenvalue weighted by Gasteiger charge is -2.40. The molecule has 0 amide bonds. The molecule has 0 unspecified atom stereocenters. The third-order valence-corrected chi connectivity index (χ3v) is 2.79. The van der Waals surface area contributed by atoms with E-state index in [-0.39, 0.29) is 0 Å². The predicted octanol–water partition coefficient (Wildman–Crippen LogP) is 1.34. The van der Waals surface area contributed by atoms with E-state index < -0.39 is 0 Å². The van der Waals surface area contributed by atoms with Crippen LogP contribution in [0.3, 0.4) is 0 Å². The van der Waals surface area contributed by atoms with Crippen LogP contribution in [0.15, 0.2) is 43.0 Å². The Kier molecular flexibility index (Phi) is 1.91. The topological polar surface area (TPSA) is 34.0 Å². The Bertz CT molecular complexity index is 417. The maximum atomic E-state index is 4.24. The van der Waals surface area contributed by atoms with Crippen LogP contribution in [0.2, 0.25) is 0 Å². The summed E-state index contributed by atoms with van der Waals surface area (Å²) < 4.78 is 2.03. The average molecular weight is 200 g/mol. The Hall–Kier alpha value is -1.84. The molecule has 1 aliphatic heterocycles. The van der Waals surface area contributed by atoms with Gasteiger partial charge in [-0.25, -0.2) is 0 Å². The molecule has 3 rings (SSSR count). The minimum absolute atomic E-state index is 0.521. The summed E-state index contributed by atoms with van der Waals surface area (Å²) in [6.45, 7) is 2.07. The summed E-state index contributed by atoms with van der Waals surface area (Å²) in [5.41, 5.74) is 1.24. The van der Waals surface area contributed by atoms with E-state index in [1.165, 1.54) is 5.69 Å². The highest BCUT2D eigenvalue weighted by Crippen LogP contribution is 2.26. The predicted molar refractivity (Wildman–Crippen MR) is 57.7 cm³/mol. The van der Waals surface area contributed by atoms with Crippen molar-refractivity contribution in [3.05, 3.63) is 43.0 Å². The zero-order valence-corrected chi connectivity index (χ0v) is 8.32. The number of hydrogen-bond acceptors (Lipinski definition) is 3. The molecule has 0 radical (unpaired) electrons. The van der Waals surface area contributed by atoms with Crippen molar-refractivity contribution in [1.29, 1.82) is 0 Å². The minimum Gasteiger partial charge on any atom is -0.367 e. The van der Waals surface area contributed by atoms with E-state index in [2.05, 4.69) is 15.0 Å². The first-order valence-corrected chi connectivity index (χ1v) is 5.07. The van der Waals surface area contributed by atoms with Gasteiger partial charge in [-0.15, -0.1) is 0 Å². The van der Waals surface area contributed by atoms with Crippen molar-refractivity contribution in [2.45, 2.75) is 6.04 Å². The van der Waals surface area contributed by atoms with Gasteiger partial charge in [0, 0.05) is 43.6 Å². The first-order chi connectivity index (χ1) is 7.43. The zero-order chi connectivity index (χ0) is 10.1. The molecule has 4 nitrogen and oxygen atoms in total. The summed E-state index contributed by atoms with van der Waals surface area (Å²) in [7, 11) is 0. The second-order valence-corrected chi connectivity index (χ2v) is 3.75. The molecule has 4 heteroatoms. The van der Waals surface area contributed by atoms with Crippen molar-refractivity contribution < 1.29 is 0 Å². The summed E-state index contributed by atoms with van der Waals surface area (Å²) in [6, 6.07) is 6.57. The SMILES string of the molecule is c1cnn(C2CN(c3ccncc3)C2)c1. The minimum atomic E-state index is 0.521. The second kappa shape index (κ2) is 3.38. The summed E-state index contributed by atoms with van der Waals surface area (Å²) in [5.74, 6) is 0. The van der Waals surface area contributed by atoms with E-state index >= 15 is 0 Å². The Morgan fingerprint density at radius 3 is 2.60 bits per heavy atom. The first kappa shape index (κ1) is 8.47. The Balaban J connectivity index is 1.68. The van der Waals surface area contributed by atoms with Crippen LogP contribution in [0.5, 0.6) is 0 Å². The van der Waals surface area contributed by atoms with E-state index in [1.807, 2.05) is 47.7 Å². The van der Waals surface area contributed by atoms with E-state index in [9.17, 15) is 0 Å². The quantitative estimate of drug-likeness (QED) is 0.733. The van der Waals surface area contributed by atoms with Crippen molar-refractivity contribution in [3.63, 3.8) is 0 Å². The molecule has 1 aliphatic rings. The fourth-order valence-electron chi connectivity index (χ4n) is 1.88.